The molecule has 2 aromatic carbocycles. The molecular formula is C22H25N3O. The molecule has 0 bridgehead atoms. The van der Waals surface area contributed by atoms with Gasteiger partial charge in [-0.25, -0.2) is 4.98 Å². The van der Waals surface area contributed by atoms with Gasteiger partial charge >= 0.3 is 0 Å². The van der Waals surface area contributed by atoms with Crippen molar-refractivity contribution in [3.8, 4) is 17.0 Å². The van der Waals surface area contributed by atoms with Crippen LogP contribution in [0, 0.1) is 0 Å². The second kappa shape index (κ2) is 8.50. The number of aryl methyl sites for hydroxylation is 1. The van der Waals surface area contributed by atoms with Crippen molar-refractivity contribution in [2.24, 2.45) is 0 Å². The highest BCUT2D eigenvalue weighted by molar-refractivity contribution is 5.70. The molecule has 0 saturated heterocycles. The summed E-state index contributed by atoms with van der Waals surface area (Å²) in [6.45, 7) is 3.79. The first-order chi connectivity index (χ1) is 12.7. The average molecular weight is 347 g/mol. The molecule has 0 unspecified atom stereocenters. The fourth-order valence-electron chi connectivity index (χ4n) is 3.07. The van der Waals surface area contributed by atoms with Gasteiger partial charge in [0.1, 0.15) is 11.6 Å². The van der Waals surface area contributed by atoms with E-state index in [0.717, 1.165) is 36.5 Å². The molecule has 0 aliphatic carbocycles. The second-order valence-corrected chi connectivity index (χ2v) is 6.21. The van der Waals surface area contributed by atoms with Gasteiger partial charge in [-0.1, -0.05) is 43.3 Å². The maximum atomic E-state index is 5.85. The minimum absolute atomic E-state index is 0.510. The van der Waals surface area contributed by atoms with Gasteiger partial charge in [-0.15, -0.1) is 0 Å². The smallest absolute Gasteiger partial charge is 0.128 e. The van der Waals surface area contributed by atoms with Crippen LogP contribution < -0.4 is 15.8 Å². The zero-order chi connectivity index (χ0) is 18.4. The molecular weight excluding hydrogens is 322 g/mol. The van der Waals surface area contributed by atoms with Gasteiger partial charge in [0.15, 0.2) is 0 Å². The summed E-state index contributed by atoms with van der Waals surface area (Å²) in [5.41, 5.74) is 11.5. The molecule has 3 rings (SSSR count). The predicted molar refractivity (Wildman–Crippen MR) is 107 cm³/mol. The number of hydrogen-bond acceptors (Lipinski definition) is 4. The highest BCUT2D eigenvalue weighted by Gasteiger charge is 2.12. The fourth-order valence-corrected chi connectivity index (χ4v) is 3.07. The number of nitrogen functional groups attached to an aromatic ring is 1. The van der Waals surface area contributed by atoms with Crippen molar-refractivity contribution in [2.45, 2.75) is 26.4 Å². The highest BCUT2D eigenvalue weighted by atomic mass is 16.5. The van der Waals surface area contributed by atoms with E-state index in [1.54, 1.807) is 13.2 Å². The van der Waals surface area contributed by atoms with Crippen LogP contribution in [0.4, 0.5) is 5.82 Å². The van der Waals surface area contributed by atoms with Crippen molar-refractivity contribution in [3.63, 3.8) is 0 Å². The number of hydrogen-bond donors (Lipinski definition) is 2. The SMILES string of the molecule is CCc1cc(-c2cccc(N)n2)c(OC)cc1CNCc1ccccc1. The van der Waals surface area contributed by atoms with Gasteiger partial charge in [-0.3, -0.25) is 0 Å². The summed E-state index contributed by atoms with van der Waals surface area (Å²) in [4.78, 5) is 4.44. The second-order valence-electron chi connectivity index (χ2n) is 6.21. The number of nitrogens with one attached hydrogen (secondary N) is 1. The summed E-state index contributed by atoms with van der Waals surface area (Å²) in [6.07, 6.45) is 0.946. The highest BCUT2D eigenvalue weighted by Crippen LogP contribution is 2.32. The first-order valence-corrected chi connectivity index (χ1v) is 8.88. The van der Waals surface area contributed by atoms with Crippen LogP contribution in [0.3, 0.4) is 0 Å². The largest absolute Gasteiger partial charge is 0.496 e. The number of benzene rings is 2. The van der Waals surface area contributed by atoms with E-state index in [2.05, 4.69) is 53.6 Å². The van der Waals surface area contributed by atoms with Crippen molar-refractivity contribution < 1.29 is 4.74 Å². The van der Waals surface area contributed by atoms with Crippen molar-refractivity contribution in [1.82, 2.24) is 10.3 Å². The van der Waals surface area contributed by atoms with Crippen LogP contribution in [-0.4, -0.2) is 12.1 Å². The zero-order valence-corrected chi connectivity index (χ0v) is 15.3. The van der Waals surface area contributed by atoms with Crippen molar-refractivity contribution >= 4 is 5.82 Å². The molecule has 0 amide bonds. The molecule has 0 atom stereocenters. The van der Waals surface area contributed by atoms with Crippen molar-refractivity contribution in [3.05, 3.63) is 77.4 Å². The van der Waals surface area contributed by atoms with Crippen LogP contribution >= 0.6 is 0 Å². The number of nitrogens with two attached hydrogens (primary N) is 1. The van der Waals surface area contributed by atoms with Gasteiger partial charge in [0.05, 0.1) is 12.8 Å². The number of nitrogens with zero attached hydrogens (tertiary/aromatic N) is 1. The molecule has 0 radical (unpaired) electrons. The van der Waals surface area contributed by atoms with E-state index in [1.807, 2.05) is 18.2 Å². The number of rotatable bonds is 7. The third-order valence-corrected chi connectivity index (χ3v) is 4.44. The van der Waals surface area contributed by atoms with Crippen LogP contribution in [0.15, 0.2) is 60.7 Å². The monoisotopic (exact) mass is 347 g/mol. The molecule has 0 fully saturated rings. The van der Waals surface area contributed by atoms with Crippen molar-refractivity contribution in [1.29, 1.82) is 0 Å². The lowest BCUT2D eigenvalue weighted by molar-refractivity contribution is 0.415. The van der Waals surface area contributed by atoms with Crippen LogP contribution in [0.25, 0.3) is 11.3 Å². The van der Waals surface area contributed by atoms with Gasteiger partial charge in [-0.2, -0.15) is 0 Å². The number of anilines is 1. The molecule has 1 heterocycles. The van der Waals surface area contributed by atoms with Crippen LogP contribution in [0.1, 0.15) is 23.6 Å². The van der Waals surface area contributed by atoms with Gasteiger partial charge in [0.25, 0.3) is 0 Å². The number of ether oxygens (including phenoxy) is 1. The van der Waals surface area contributed by atoms with E-state index in [0.29, 0.717) is 5.82 Å². The Balaban J connectivity index is 1.84. The zero-order valence-electron chi connectivity index (χ0n) is 15.3. The first kappa shape index (κ1) is 18.0. The number of pyridine rings is 1. The average Bonchev–Trinajstić information content (AvgIpc) is 2.68. The van der Waals surface area contributed by atoms with E-state index in [9.17, 15) is 0 Å². The number of methoxy groups -OCH3 is 1. The number of aromatic nitrogens is 1. The molecule has 0 spiro atoms. The fraction of sp³-hybridized carbons (Fsp3) is 0.227. The molecule has 3 aromatic rings. The minimum Gasteiger partial charge on any atom is -0.496 e. The molecule has 1 aromatic heterocycles. The predicted octanol–water partition coefficient (Wildman–Crippen LogP) is 4.19. The first-order valence-electron chi connectivity index (χ1n) is 8.88. The normalized spacial score (nSPS) is 10.7. The van der Waals surface area contributed by atoms with Crippen molar-refractivity contribution in [2.75, 3.05) is 12.8 Å². The summed E-state index contributed by atoms with van der Waals surface area (Å²) < 4.78 is 5.64. The molecule has 4 nitrogen and oxygen atoms in total. The lowest BCUT2D eigenvalue weighted by Gasteiger charge is -2.16. The Hall–Kier alpha value is -2.85. The van der Waals surface area contributed by atoms with Crippen LogP contribution in [-0.2, 0) is 19.5 Å². The van der Waals surface area contributed by atoms with E-state index >= 15 is 0 Å². The standard InChI is InChI=1S/C22H25N3O/c1-3-17-12-19(20-10-7-11-22(23)25-20)21(26-2)13-18(17)15-24-14-16-8-5-4-6-9-16/h4-13,24H,3,14-15H2,1-2H3,(H2,23,25). The Morgan fingerprint density at radius 2 is 1.77 bits per heavy atom. The molecule has 134 valence electrons. The third-order valence-electron chi connectivity index (χ3n) is 4.44. The topological polar surface area (TPSA) is 60.2 Å². The summed E-state index contributed by atoms with van der Waals surface area (Å²) in [7, 11) is 1.69. The molecule has 0 saturated carbocycles. The molecule has 26 heavy (non-hydrogen) atoms. The summed E-state index contributed by atoms with van der Waals surface area (Å²) >= 11 is 0. The maximum absolute atomic E-state index is 5.85. The Labute approximate surface area is 155 Å². The lowest BCUT2D eigenvalue weighted by Crippen LogP contribution is -2.14. The molecule has 0 aliphatic rings. The molecule has 4 heteroatoms. The Bertz CT molecular complexity index is 863. The quantitative estimate of drug-likeness (QED) is 0.673. The maximum Gasteiger partial charge on any atom is 0.128 e. The Morgan fingerprint density at radius 1 is 0.962 bits per heavy atom. The summed E-state index contributed by atoms with van der Waals surface area (Å²) in [5, 5.41) is 3.52. The van der Waals surface area contributed by atoms with Gasteiger partial charge in [-0.05, 0) is 47.4 Å². The Kier molecular flexibility index (Phi) is 5.87. The van der Waals surface area contributed by atoms with Crippen LogP contribution in [0.2, 0.25) is 0 Å². The summed E-state index contributed by atoms with van der Waals surface area (Å²) in [5.74, 6) is 1.33. The molecule has 0 aliphatic heterocycles. The minimum atomic E-state index is 0.510. The lowest BCUT2D eigenvalue weighted by atomic mass is 9.98. The Morgan fingerprint density at radius 3 is 2.46 bits per heavy atom. The summed E-state index contributed by atoms with van der Waals surface area (Å²) in [6, 6.07) is 20.4. The third kappa shape index (κ3) is 4.21. The molecule has 3 N–H and O–H groups in total. The van der Waals surface area contributed by atoms with Gasteiger partial charge < -0.3 is 15.8 Å². The van der Waals surface area contributed by atoms with Gasteiger partial charge in [0.2, 0.25) is 0 Å². The van der Waals surface area contributed by atoms with Gasteiger partial charge in [0, 0.05) is 18.7 Å². The van der Waals surface area contributed by atoms with Crippen LogP contribution in [0.5, 0.6) is 5.75 Å². The van der Waals surface area contributed by atoms with E-state index < -0.39 is 0 Å². The van der Waals surface area contributed by atoms with E-state index in [1.165, 1.54) is 16.7 Å². The van der Waals surface area contributed by atoms with E-state index in [4.69, 9.17) is 10.5 Å². The van der Waals surface area contributed by atoms with E-state index in [-0.39, 0.29) is 0 Å².